The van der Waals surface area contributed by atoms with E-state index in [0.717, 1.165) is 61.4 Å². The zero-order valence-electron chi connectivity index (χ0n) is 28.2. The van der Waals surface area contributed by atoms with Crippen molar-refractivity contribution in [1.82, 2.24) is 0 Å². The Morgan fingerprint density at radius 2 is 0.875 bits per heavy atom. The van der Waals surface area contributed by atoms with Gasteiger partial charge in [0.1, 0.15) is 28.1 Å². The molecule has 2 heterocycles. The fourth-order valence-electron chi connectivity index (χ4n) is 8.05. The van der Waals surface area contributed by atoms with Gasteiger partial charge in [-0.25, -0.2) is 0 Å². The number of methoxy groups -OCH3 is 1. The van der Waals surface area contributed by atoms with E-state index < -0.39 is 0 Å². The SMILES string of the molecule is CCc1cc(C)c(-c2ccc3cc4c(cc3c2)oc2cc3c(cc24)oc2cc4cc(-c5c(C)cc(OC)cc5C)ccc4cc23)c(C)c1. The van der Waals surface area contributed by atoms with Crippen molar-refractivity contribution in [3.63, 3.8) is 0 Å². The number of hydrogen-bond donors (Lipinski definition) is 0. The molecule has 3 nitrogen and oxygen atoms in total. The molecule has 0 radical (unpaired) electrons. The van der Waals surface area contributed by atoms with E-state index in [-0.39, 0.29) is 0 Å². The summed E-state index contributed by atoms with van der Waals surface area (Å²) < 4.78 is 18.6. The van der Waals surface area contributed by atoms with Crippen molar-refractivity contribution in [3.8, 4) is 28.0 Å². The Morgan fingerprint density at radius 3 is 1.31 bits per heavy atom. The number of ether oxygens (including phenoxy) is 1. The van der Waals surface area contributed by atoms with Crippen LogP contribution in [0.2, 0.25) is 0 Å². The lowest BCUT2D eigenvalue weighted by atomic mass is 9.91. The molecule has 0 saturated carbocycles. The highest BCUT2D eigenvalue weighted by molar-refractivity contribution is 6.18. The van der Waals surface area contributed by atoms with Crippen LogP contribution in [0.5, 0.6) is 5.75 Å². The maximum Gasteiger partial charge on any atom is 0.136 e. The summed E-state index contributed by atoms with van der Waals surface area (Å²) in [7, 11) is 1.72. The van der Waals surface area contributed by atoms with Crippen LogP contribution < -0.4 is 4.74 Å². The third kappa shape index (κ3) is 4.34. The number of hydrogen-bond acceptors (Lipinski definition) is 3. The maximum absolute atomic E-state index is 6.55. The Hall–Kier alpha value is -5.54. The van der Waals surface area contributed by atoms with Gasteiger partial charge in [0, 0.05) is 21.5 Å². The highest BCUT2D eigenvalue weighted by atomic mass is 16.5. The predicted molar refractivity (Wildman–Crippen MR) is 202 cm³/mol. The largest absolute Gasteiger partial charge is 0.497 e. The Morgan fingerprint density at radius 1 is 0.458 bits per heavy atom. The molecule has 48 heavy (non-hydrogen) atoms. The summed E-state index contributed by atoms with van der Waals surface area (Å²) in [6.07, 6.45) is 1.05. The summed E-state index contributed by atoms with van der Waals surface area (Å²) in [5.41, 5.74) is 14.9. The number of benzene rings is 7. The molecular weight excluding hydrogens is 588 g/mol. The molecule has 0 unspecified atom stereocenters. The minimum atomic E-state index is 0.870. The van der Waals surface area contributed by atoms with Gasteiger partial charge in [0.25, 0.3) is 0 Å². The van der Waals surface area contributed by atoms with Crippen LogP contribution in [0.4, 0.5) is 0 Å². The Kier molecular flexibility index (Phi) is 6.26. The van der Waals surface area contributed by atoms with E-state index in [4.69, 9.17) is 13.6 Å². The minimum Gasteiger partial charge on any atom is -0.497 e. The van der Waals surface area contributed by atoms with Crippen molar-refractivity contribution in [1.29, 1.82) is 0 Å². The third-order valence-electron chi connectivity index (χ3n) is 10.3. The van der Waals surface area contributed by atoms with Gasteiger partial charge in [0.15, 0.2) is 0 Å². The topological polar surface area (TPSA) is 35.5 Å². The quantitative estimate of drug-likeness (QED) is 0.195. The molecule has 234 valence electrons. The molecule has 9 rings (SSSR count). The van der Waals surface area contributed by atoms with E-state index in [0.29, 0.717) is 0 Å². The Balaban J connectivity index is 1.16. The van der Waals surface area contributed by atoms with Crippen LogP contribution >= 0.6 is 0 Å². The molecule has 0 atom stereocenters. The summed E-state index contributed by atoms with van der Waals surface area (Å²) in [5.74, 6) is 0.887. The van der Waals surface area contributed by atoms with E-state index in [1.807, 2.05) is 0 Å². The zero-order valence-corrected chi connectivity index (χ0v) is 28.2. The molecule has 0 saturated heterocycles. The van der Waals surface area contributed by atoms with Gasteiger partial charge >= 0.3 is 0 Å². The fraction of sp³-hybridized carbons (Fsp3) is 0.156. The van der Waals surface area contributed by atoms with Crippen LogP contribution in [0.15, 0.2) is 106 Å². The third-order valence-corrected chi connectivity index (χ3v) is 10.3. The molecule has 3 heteroatoms. The lowest BCUT2D eigenvalue weighted by Gasteiger charge is -2.13. The minimum absolute atomic E-state index is 0.870. The summed E-state index contributed by atoms with van der Waals surface area (Å²) in [5, 5.41) is 9.05. The molecule has 0 aliphatic carbocycles. The van der Waals surface area contributed by atoms with E-state index in [9.17, 15) is 0 Å². The highest BCUT2D eigenvalue weighted by Gasteiger charge is 2.17. The van der Waals surface area contributed by atoms with Crippen molar-refractivity contribution in [3.05, 3.63) is 125 Å². The second-order valence-electron chi connectivity index (χ2n) is 13.5. The fourth-order valence-corrected chi connectivity index (χ4v) is 8.05. The highest BCUT2D eigenvalue weighted by Crippen LogP contribution is 2.41. The summed E-state index contributed by atoms with van der Waals surface area (Å²) in [4.78, 5) is 0. The van der Waals surface area contributed by atoms with Gasteiger partial charge in [-0.1, -0.05) is 43.3 Å². The smallest absolute Gasteiger partial charge is 0.136 e. The molecule has 0 spiro atoms. The van der Waals surface area contributed by atoms with Crippen molar-refractivity contribution in [2.24, 2.45) is 0 Å². The average Bonchev–Trinajstić information content (AvgIpc) is 3.59. The first-order chi connectivity index (χ1) is 23.3. The first-order valence-corrected chi connectivity index (χ1v) is 16.7. The van der Waals surface area contributed by atoms with Gasteiger partial charge in [-0.2, -0.15) is 0 Å². The van der Waals surface area contributed by atoms with E-state index >= 15 is 0 Å². The molecule has 2 aromatic heterocycles. The molecule has 0 fully saturated rings. The van der Waals surface area contributed by atoms with E-state index in [1.54, 1.807) is 7.11 Å². The van der Waals surface area contributed by atoms with Crippen LogP contribution in [0, 0.1) is 27.7 Å². The zero-order chi connectivity index (χ0) is 32.8. The van der Waals surface area contributed by atoms with Crippen LogP contribution in [0.3, 0.4) is 0 Å². The van der Waals surface area contributed by atoms with Gasteiger partial charge in [-0.15, -0.1) is 0 Å². The normalized spacial score (nSPS) is 12.0. The molecule has 9 aromatic rings. The van der Waals surface area contributed by atoms with Gasteiger partial charge in [-0.3, -0.25) is 0 Å². The number of rotatable bonds is 4. The average molecular weight is 625 g/mol. The monoisotopic (exact) mass is 624 g/mol. The van der Waals surface area contributed by atoms with Crippen molar-refractivity contribution >= 4 is 65.4 Å². The molecule has 7 aromatic carbocycles. The Bertz CT molecular complexity index is 2550. The van der Waals surface area contributed by atoms with Crippen LogP contribution in [-0.4, -0.2) is 7.11 Å². The van der Waals surface area contributed by atoms with Gasteiger partial charge in [0.2, 0.25) is 0 Å². The lowest BCUT2D eigenvalue weighted by Crippen LogP contribution is -1.92. The lowest BCUT2D eigenvalue weighted by molar-refractivity contribution is 0.414. The molecule has 0 aliphatic rings. The first-order valence-electron chi connectivity index (χ1n) is 16.7. The van der Waals surface area contributed by atoms with E-state index in [2.05, 4.69) is 132 Å². The van der Waals surface area contributed by atoms with Gasteiger partial charge < -0.3 is 13.6 Å². The van der Waals surface area contributed by atoms with Crippen LogP contribution in [0.25, 0.3) is 87.7 Å². The Labute approximate surface area is 279 Å². The standard InChI is InChI=1S/C45H36O3/c1-7-28-12-24(2)44(25(3)13-28)31-10-8-29-18-36-38-22-43-39(23-42(38)47-40(36)20-33(29)16-31)37-19-30-9-11-32(17-34(30)21-41(37)48-43)45-26(4)14-35(46-6)15-27(45)5/h8-23H,7H2,1-6H3. The van der Waals surface area contributed by atoms with Crippen LogP contribution in [0.1, 0.15) is 34.7 Å². The summed E-state index contributed by atoms with van der Waals surface area (Å²) in [6.45, 7) is 10.9. The first kappa shape index (κ1) is 28.7. The van der Waals surface area contributed by atoms with E-state index in [1.165, 1.54) is 66.2 Å². The van der Waals surface area contributed by atoms with Crippen molar-refractivity contribution in [2.75, 3.05) is 7.11 Å². The van der Waals surface area contributed by atoms with Gasteiger partial charge in [0.05, 0.1) is 7.11 Å². The molecule has 0 amide bonds. The van der Waals surface area contributed by atoms with Crippen molar-refractivity contribution in [2.45, 2.75) is 41.0 Å². The molecule has 0 N–H and O–H groups in total. The molecule has 0 bridgehead atoms. The number of fused-ring (bicyclic) bond motifs is 8. The molecule has 0 aliphatic heterocycles. The summed E-state index contributed by atoms with van der Waals surface area (Å²) in [6, 6.07) is 35.5. The second-order valence-corrected chi connectivity index (χ2v) is 13.5. The maximum atomic E-state index is 6.55. The predicted octanol–water partition coefficient (Wildman–Crippen LogP) is 12.9. The van der Waals surface area contributed by atoms with Crippen molar-refractivity contribution < 1.29 is 13.6 Å². The van der Waals surface area contributed by atoms with Crippen LogP contribution in [-0.2, 0) is 6.42 Å². The second kappa shape index (κ2) is 10.5. The van der Waals surface area contributed by atoms with Gasteiger partial charge in [-0.05, 0) is 166 Å². The molecular formula is C45H36O3. The summed E-state index contributed by atoms with van der Waals surface area (Å²) >= 11 is 0. The number of aryl methyl sites for hydroxylation is 5. The number of furan rings is 2.